The van der Waals surface area contributed by atoms with E-state index in [2.05, 4.69) is 30.9 Å². The van der Waals surface area contributed by atoms with E-state index in [1.807, 2.05) is 24.3 Å². The summed E-state index contributed by atoms with van der Waals surface area (Å²) in [5.41, 5.74) is 3.17. The van der Waals surface area contributed by atoms with Crippen LogP contribution in [0.15, 0.2) is 41.3 Å². The molecule has 0 amide bonds. The highest BCUT2D eigenvalue weighted by Crippen LogP contribution is 2.26. The molecule has 0 unspecified atom stereocenters. The Morgan fingerprint density at radius 2 is 1.86 bits per heavy atom. The molecule has 3 aromatic rings. The monoisotopic (exact) mass is 301 g/mol. The molecule has 1 aromatic carbocycles. The number of benzene rings is 1. The van der Waals surface area contributed by atoms with Gasteiger partial charge in [0.05, 0.1) is 6.20 Å². The van der Waals surface area contributed by atoms with Gasteiger partial charge in [-0.3, -0.25) is 4.79 Å². The summed E-state index contributed by atoms with van der Waals surface area (Å²) in [7, 11) is 0. The maximum Gasteiger partial charge on any atom is 0.274 e. The van der Waals surface area contributed by atoms with E-state index in [0.717, 1.165) is 16.8 Å². The van der Waals surface area contributed by atoms with Gasteiger partial charge >= 0.3 is 0 Å². The molecular formula is C16H16ClN3O. The Hall–Kier alpha value is -2.07. The first-order chi connectivity index (χ1) is 9.86. The molecule has 0 saturated heterocycles. The summed E-state index contributed by atoms with van der Waals surface area (Å²) in [4.78, 5) is 15.5. The molecule has 0 fully saturated rings. The second kappa shape index (κ2) is 4.74. The maximum atomic E-state index is 12.2. The van der Waals surface area contributed by atoms with Gasteiger partial charge in [-0.25, -0.2) is 0 Å². The average molecular weight is 302 g/mol. The van der Waals surface area contributed by atoms with Crippen molar-refractivity contribution in [3.63, 3.8) is 0 Å². The first-order valence-corrected chi connectivity index (χ1v) is 7.11. The molecular weight excluding hydrogens is 286 g/mol. The van der Waals surface area contributed by atoms with Crippen LogP contribution in [-0.2, 0) is 5.41 Å². The van der Waals surface area contributed by atoms with Crippen molar-refractivity contribution in [1.29, 1.82) is 0 Å². The normalized spacial score (nSPS) is 12.0. The number of hydrogen-bond acceptors (Lipinski definition) is 2. The zero-order chi connectivity index (χ0) is 15.2. The van der Waals surface area contributed by atoms with E-state index in [9.17, 15) is 4.79 Å². The quantitative estimate of drug-likeness (QED) is 0.746. The van der Waals surface area contributed by atoms with Gasteiger partial charge in [-0.05, 0) is 17.7 Å². The standard InChI is InChI=1S/C16H16ClN3O/c1-16(2,3)13-8-14(21)20-15(19-13)12(9-18-20)10-4-6-11(17)7-5-10/h4-9,19H,1-3H3. The topological polar surface area (TPSA) is 50.2 Å². The fourth-order valence-corrected chi connectivity index (χ4v) is 2.35. The lowest BCUT2D eigenvalue weighted by molar-refractivity contribution is 0.566. The summed E-state index contributed by atoms with van der Waals surface area (Å²) >= 11 is 5.92. The fraction of sp³-hybridized carbons (Fsp3) is 0.250. The number of aromatic amines is 1. The molecule has 1 N–H and O–H groups in total. The number of rotatable bonds is 1. The number of H-pyrrole nitrogens is 1. The third-order valence-electron chi connectivity index (χ3n) is 3.46. The first kappa shape index (κ1) is 13.9. The molecule has 0 aliphatic heterocycles. The van der Waals surface area contributed by atoms with E-state index in [4.69, 9.17) is 11.6 Å². The Balaban J connectivity index is 2.28. The van der Waals surface area contributed by atoms with E-state index < -0.39 is 0 Å². The van der Waals surface area contributed by atoms with Crippen molar-refractivity contribution in [2.45, 2.75) is 26.2 Å². The second-order valence-electron chi connectivity index (χ2n) is 6.10. The van der Waals surface area contributed by atoms with Crippen molar-refractivity contribution in [1.82, 2.24) is 14.6 Å². The van der Waals surface area contributed by atoms with Gasteiger partial charge in [0.25, 0.3) is 5.56 Å². The van der Waals surface area contributed by atoms with Crippen LogP contribution in [-0.4, -0.2) is 14.6 Å². The lowest BCUT2D eigenvalue weighted by Gasteiger charge is -2.18. The summed E-state index contributed by atoms with van der Waals surface area (Å²) in [6.45, 7) is 6.19. The third-order valence-corrected chi connectivity index (χ3v) is 3.71. The van der Waals surface area contributed by atoms with Crippen molar-refractivity contribution >= 4 is 17.2 Å². The molecule has 0 bridgehead atoms. The Morgan fingerprint density at radius 3 is 2.48 bits per heavy atom. The number of nitrogens with zero attached hydrogens (tertiary/aromatic N) is 2. The molecule has 0 aliphatic carbocycles. The third kappa shape index (κ3) is 2.47. The smallest absolute Gasteiger partial charge is 0.274 e. The summed E-state index contributed by atoms with van der Waals surface area (Å²) < 4.78 is 1.39. The van der Waals surface area contributed by atoms with Crippen LogP contribution in [0.1, 0.15) is 26.5 Å². The summed E-state index contributed by atoms with van der Waals surface area (Å²) in [6.07, 6.45) is 1.70. The van der Waals surface area contributed by atoms with Crippen molar-refractivity contribution in [2.75, 3.05) is 0 Å². The van der Waals surface area contributed by atoms with E-state index in [1.54, 1.807) is 12.3 Å². The zero-order valence-electron chi connectivity index (χ0n) is 12.1. The predicted molar refractivity (Wildman–Crippen MR) is 85.0 cm³/mol. The summed E-state index contributed by atoms with van der Waals surface area (Å²) in [5.74, 6) is 0. The Bertz CT molecular complexity index is 854. The minimum absolute atomic E-state index is 0.131. The van der Waals surface area contributed by atoms with Gasteiger partial charge in [0.1, 0.15) is 5.65 Å². The first-order valence-electron chi connectivity index (χ1n) is 6.74. The SMILES string of the molecule is CC(C)(C)c1cc(=O)n2ncc(-c3ccc(Cl)cc3)c2[nH]1. The maximum absolute atomic E-state index is 12.2. The molecule has 5 heteroatoms. The lowest BCUT2D eigenvalue weighted by atomic mass is 9.92. The summed E-state index contributed by atoms with van der Waals surface area (Å²) in [5, 5.41) is 4.86. The van der Waals surface area contributed by atoms with Crippen molar-refractivity contribution in [3.05, 3.63) is 57.6 Å². The van der Waals surface area contributed by atoms with Crippen LogP contribution >= 0.6 is 11.6 Å². The van der Waals surface area contributed by atoms with Gasteiger partial charge in [0, 0.05) is 27.8 Å². The van der Waals surface area contributed by atoms with Gasteiger partial charge in [-0.2, -0.15) is 9.61 Å². The van der Waals surface area contributed by atoms with Crippen molar-refractivity contribution in [2.24, 2.45) is 0 Å². The number of halogens is 1. The molecule has 2 heterocycles. The predicted octanol–water partition coefficient (Wildman–Crippen LogP) is 3.64. The molecule has 0 radical (unpaired) electrons. The van der Waals surface area contributed by atoms with Crippen LogP contribution in [0.4, 0.5) is 0 Å². The molecule has 2 aromatic heterocycles. The number of aromatic nitrogens is 3. The van der Waals surface area contributed by atoms with Crippen molar-refractivity contribution in [3.8, 4) is 11.1 Å². The molecule has 21 heavy (non-hydrogen) atoms. The summed E-state index contributed by atoms with van der Waals surface area (Å²) in [6, 6.07) is 9.09. The Morgan fingerprint density at radius 1 is 1.19 bits per heavy atom. The van der Waals surface area contributed by atoms with Gasteiger partial charge in [0.2, 0.25) is 0 Å². The van der Waals surface area contributed by atoms with Gasteiger partial charge in [0.15, 0.2) is 0 Å². The van der Waals surface area contributed by atoms with E-state index >= 15 is 0 Å². The van der Waals surface area contributed by atoms with Crippen LogP contribution in [0, 0.1) is 0 Å². The Labute approximate surface area is 127 Å². The minimum Gasteiger partial charge on any atom is -0.342 e. The number of hydrogen-bond donors (Lipinski definition) is 1. The lowest BCUT2D eigenvalue weighted by Crippen LogP contribution is -2.22. The molecule has 0 spiro atoms. The average Bonchev–Trinajstić information content (AvgIpc) is 2.83. The largest absolute Gasteiger partial charge is 0.342 e. The van der Waals surface area contributed by atoms with E-state index in [0.29, 0.717) is 10.7 Å². The van der Waals surface area contributed by atoms with Gasteiger partial charge in [-0.15, -0.1) is 0 Å². The highest BCUT2D eigenvalue weighted by molar-refractivity contribution is 6.30. The molecule has 0 aliphatic rings. The van der Waals surface area contributed by atoms with Crippen LogP contribution in [0.2, 0.25) is 5.02 Å². The minimum atomic E-state index is -0.136. The highest BCUT2D eigenvalue weighted by atomic mass is 35.5. The second-order valence-corrected chi connectivity index (χ2v) is 6.53. The van der Waals surface area contributed by atoms with E-state index in [1.165, 1.54) is 4.52 Å². The Kier molecular flexibility index (Phi) is 3.14. The molecule has 3 rings (SSSR count). The van der Waals surface area contributed by atoms with Gasteiger partial charge < -0.3 is 4.98 Å². The number of fused-ring (bicyclic) bond motifs is 1. The molecule has 0 atom stereocenters. The molecule has 0 saturated carbocycles. The van der Waals surface area contributed by atoms with Gasteiger partial charge in [-0.1, -0.05) is 44.5 Å². The van der Waals surface area contributed by atoms with Crippen LogP contribution in [0.25, 0.3) is 16.8 Å². The van der Waals surface area contributed by atoms with Crippen LogP contribution in [0.3, 0.4) is 0 Å². The van der Waals surface area contributed by atoms with E-state index in [-0.39, 0.29) is 11.0 Å². The van der Waals surface area contributed by atoms with Crippen molar-refractivity contribution < 1.29 is 0 Å². The number of nitrogens with one attached hydrogen (secondary N) is 1. The van der Waals surface area contributed by atoms with Crippen LogP contribution < -0.4 is 5.56 Å². The fourth-order valence-electron chi connectivity index (χ4n) is 2.23. The zero-order valence-corrected chi connectivity index (χ0v) is 12.9. The highest BCUT2D eigenvalue weighted by Gasteiger charge is 2.18. The molecule has 4 nitrogen and oxygen atoms in total. The van der Waals surface area contributed by atoms with Crippen LogP contribution in [0.5, 0.6) is 0 Å². The molecule has 108 valence electrons.